The lowest BCUT2D eigenvalue weighted by atomic mass is 10.0. The molecule has 0 atom stereocenters. The Labute approximate surface area is 188 Å². The molecule has 33 heavy (non-hydrogen) atoms. The number of rotatable bonds is 5. The molecule has 2 aliphatic heterocycles. The first-order valence-electron chi connectivity index (χ1n) is 10.6. The van der Waals surface area contributed by atoms with Crippen LogP contribution in [0.2, 0.25) is 0 Å². The monoisotopic (exact) mass is 460 g/mol. The Balaban J connectivity index is 1.57. The lowest BCUT2D eigenvalue weighted by Crippen LogP contribution is -2.52. The normalized spacial score (nSPS) is 17.1. The molecule has 2 aliphatic rings. The average molecular weight is 460 g/mol. The molecule has 10 heteroatoms. The minimum Gasteiger partial charge on any atom is -0.314 e. The molecule has 174 valence electrons. The van der Waals surface area contributed by atoms with Gasteiger partial charge in [-0.3, -0.25) is 24.2 Å². The van der Waals surface area contributed by atoms with Crippen LogP contribution >= 0.6 is 0 Å². The van der Waals surface area contributed by atoms with Crippen LogP contribution in [-0.4, -0.2) is 73.3 Å². The van der Waals surface area contributed by atoms with Gasteiger partial charge < -0.3 is 10.2 Å². The van der Waals surface area contributed by atoms with Gasteiger partial charge in [0, 0.05) is 31.7 Å². The molecule has 0 bridgehead atoms. The van der Waals surface area contributed by atoms with E-state index in [9.17, 15) is 27.6 Å². The highest BCUT2D eigenvalue weighted by molar-refractivity contribution is 6.13. The van der Waals surface area contributed by atoms with E-state index in [-0.39, 0.29) is 36.7 Å². The van der Waals surface area contributed by atoms with Crippen molar-refractivity contribution in [2.75, 3.05) is 50.8 Å². The van der Waals surface area contributed by atoms with Crippen LogP contribution in [0.25, 0.3) is 0 Å². The zero-order chi connectivity index (χ0) is 23.6. The van der Waals surface area contributed by atoms with E-state index in [1.54, 1.807) is 18.2 Å². The van der Waals surface area contributed by atoms with Crippen molar-refractivity contribution in [2.24, 2.45) is 0 Å². The minimum atomic E-state index is -4.59. The summed E-state index contributed by atoms with van der Waals surface area (Å²) in [5.41, 5.74) is -0.561. The SMILES string of the molecule is O=C(CN1CCNCC1)CN1CN(C(=O)c2cccc(C(F)(F)F)c2)c2ccccc2C1=O. The standard InChI is InChI=1S/C23H23F3N4O3/c24-23(25,26)17-5-3-4-16(12-17)21(32)30-15-29(22(33)19-6-1-2-7-20(19)30)14-18(31)13-28-10-8-27-9-11-28/h1-7,12,27H,8-11,13-15H2. The highest BCUT2D eigenvalue weighted by Crippen LogP contribution is 2.32. The highest BCUT2D eigenvalue weighted by atomic mass is 19.4. The van der Waals surface area contributed by atoms with Crippen LogP contribution in [-0.2, 0) is 11.0 Å². The molecule has 0 aromatic heterocycles. The number of amides is 2. The van der Waals surface area contributed by atoms with Gasteiger partial charge in [0.1, 0.15) is 6.67 Å². The maximum atomic E-state index is 13.2. The maximum absolute atomic E-state index is 13.2. The van der Waals surface area contributed by atoms with Crippen molar-refractivity contribution in [2.45, 2.75) is 6.18 Å². The first-order valence-corrected chi connectivity index (χ1v) is 10.6. The van der Waals surface area contributed by atoms with E-state index in [2.05, 4.69) is 5.32 Å². The summed E-state index contributed by atoms with van der Waals surface area (Å²) < 4.78 is 39.4. The number of halogens is 3. The van der Waals surface area contributed by atoms with Crippen molar-refractivity contribution in [1.29, 1.82) is 0 Å². The van der Waals surface area contributed by atoms with Gasteiger partial charge in [0.05, 0.1) is 29.9 Å². The van der Waals surface area contributed by atoms with Crippen LogP contribution in [0.5, 0.6) is 0 Å². The molecule has 1 saturated heterocycles. The Morgan fingerprint density at radius 1 is 0.970 bits per heavy atom. The topological polar surface area (TPSA) is 73.0 Å². The molecular formula is C23H23F3N4O3. The first kappa shape index (κ1) is 22.9. The summed E-state index contributed by atoms with van der Waals surface area (Å²) in [5, 5.41) is 3.20. The number of alkyl halides is 3. The van der Waals surface area contributed by atoms with Crippen molar-refractivity contribution in [3.8, 4) is 0 Å². The fourth-order valence-electron chi connectivity index (χ4n) is 4.03. The number of nitrogens with one attached hydrogen (secondary N) is 1. The Bertz CT molecular complexity index is 1070. The first-order chi connectivity index (χ1) is 15.7. The molecule has 0 saturated carbocycles. The van der Waals surface area contributed by atoms with Crippen LogP contribution in [0, 0.1) is 0 Å². The van der Waals surface area contributed by atoms with Gasteiger partial charge in [0.15, 0.2) is 5.78 Å². The third-order valence-electron chi connectivity index (χ3n) is 5.68. The number of piperazine rings is 1. The van der Waals surface area contributed by atoms with E-state index in [4.69, 9.17) is 0 Å². The smallest absolute Gasteiger partial charge is 0.314 e. The summed E-state index contributed by atoms with van der Waals surface area (Å²) in [6.07, 6.45) is -4.59. The van der Waals surface area contributed by atoms with E-state index >= 15 is 0 Å². The molecule has 0 spiro atoms. The highest BCUT2D eigenvalue weighted by Gasteiger charge is 2.35. The van der Waals surface area contributed by atoms with Gasteiger partial charge in [-0.1, -0.05) is 18.2 Å². The number of Topliss-reactive ketones (excluding diaryl/α,β-unsaturated/α-hetero) is 1. The van der Waals surface area contributed by atoms with Gasteiger partial charge in [0.25, 0.3) is 11.8 Å². The molecule has 0 radical (unpaired) electrons. The molecule has 1 fully saturated rings. The number of fused-ring (bicyclic) bond motifs is 1. The second-order valence-corrected chi connectivity index (χ2v) is 8.04. The Kier molecular flexibility index (Phi) is 6.48. The number of para-hydroxylation sites is 1. The van der Waals surface area contributed by atoms with Gasteiger partial charge in [-0.25, -0.2) is 0 Å². The largest absolute Gasteiger partial charge is 0.416 e. The zero-order valence-corrected chi connectivity index (χ0v) is 17.8. The minimum absolute atomic E-state index is 0.152. The summed E-state index contributed by atoms with van der Waals surface area (Å²) in [5.74, 6) is -1.25. The zero-order valence-electron chi connectivity index (χ0n) is 17.8. The lowest BCUT2D eigenvalue weighted by molar-refractivity contribution is -0.137. The third kappa shape index (κ3) is 5.07. The molecule has 7 nitrogen and oxygen atoms in total. The van der Waals surface area contributed by atoms with Gasteiger partial charge >= 0.3 is 6.18 Å². The molecular weight excluding hydrogens is 437 g/mol. The van der Waals surface area contributed by atoms with Crippen LogP contribution in [0.1, 0.15) is 26.3 Å². The predicted molar refractivity (Wildman–Crippen MR) is 115 cm³/mol. The van der Waals surface area contributed by atoms with Crippen molar-refractivity contribution < 1.29 is 27.6 Å². The van der Waals surface area contributed by atoms with Crippen LogP contribution in [0.3, 0.4) is 0 Å². The van der Waals surface area contributed by atoms with Crippen LogP contribution in [0.4, 0.5) is 18.9 Å². The van der Waals surface area contributed by atoms with E-state index < -0.39 is 23.6 Å². The lowest BCUT2D eigenvalue weighted by Gasteiger charge is -2.37. The van der Waals surface area contributed by atoms with Gasteiger partial charge in [-0.05, 0) is 30.3 Å². The summed E-state index contributed by atoms with van der Waals surface area (Å²) >= 11 is 0. The van der Waals surface area contributed by atoms with Gasteiger partial charge in [0.2, 0.25) is 0 Å². The quantitative estimate of drug-likeness (QED) is 0.741. The molecule has 1 N–H and O–H groups in total. The number of anilines is 1. The van der Waals surface area contributed by atoms with Crippen LogP contribution < -0.4 is 10.2 Å². The van der Waals surface area contributed by atoms with Crippen molar-refractivity contribution in [3.63, 3.8) is 0 Å². The molecule has 0 aliphatic carbocycles. The summed E-state index contributed by atoms with van der Waals surface area (Å²) in [7, 11) is 0. The average Bonchev–Trinajstić information content (AvgIpc) is 2.80. The maximum Gasteiger partial charge on any atom is 0.416 e. The van der Waals surface area contributed by atoms with E-state index in [1.807, 2.05) is 4.90 Å². The number of nitrogens with zero attached hydrogens (tertiary/aromatic N) is 3. The van der Waals surface area contributed by atoms with Crippen molar-refractivity contribution in [1.82, 2.24) is 15.1 Å². The molecule has 2 heterocycles. The molecule has 2 aromatic rings. The Morgan fingerprint density at radius 2 is 1.70 bits per heavy atom. The number of benzene rings is 2. The number of hydrogen-bond acceptors (Lipinski definition) is 5. The number of ketones is 1. The molecule has 4 rings (SSSR count). The Hall–Kier alpha value is -3.24. The van der Waals surface area contributed by atoms with Gasteiger partial charge in [-0.15, -0.1) is 0 Å². The summed E-state index contributed by atoms with van der Waals surface area (Å²) in [6.45, 7) is 2.78. The van der Waals surface area contributed by atoms with E-state index in [0.29, 0.717) is 5.69 Å². The van der Waals surface area contributed by atoms with E-state index in [1.165, 1.54) is 28.0 Å². The fourth-order valence-corrected chi connectivity index (χ4v) is 4.03. The number of carbonyl (C=O) groups is 3. The third-order valence-corrected chi connectivity index (χ3v) is 5.68. The molecule has 2 amide bonds. The second kappa shape index (κ2) is 9.32. The van der Waals surface area contributed by atoms with Gasteiger partial charge in [-0.2, -0.15) is 13.2 Å². The van der Waals surface area contributed by atoms with Crippen molar-refractivity contribution >= 4 is 23.3 Å². The summed E-state index contributed by atoms with van der Waals surface area (Å²) in [4.78, 5) is 43.4. The number of carbonyl (C=O) groups excluding carboxylic acids is 3. The van der Waals surface area contributed by atoms with E-state index in [0.717, 1.165) is 38.3 Å². The number of hydrogen-bond donors (Lipinski definition) is 1. The molecule has 2 aromatic carbocycles. The fraction of sp³-hybridized carbons (Fsp3) is 0.348. The second-order valence-electron chi connectivity index (χ2n) is 8.04. The molecule has 0 unspecified atom stereocenters. The Morgan fingerprint density at radius 3 is 2.42 bits per heavy atom. The van der Waals surface area contributed by atoms with Crippen molar-refractivity contribution in [3.05, 3.63) is 65.2 Å². The predicted octanol–water partition coefficient (Wildman–Crippen LogP) is 2.24. The summed E-state index contributed by atoms with van der Waals surface area (Å²) in [6, 6.07) is 10.5. The van der Waals surface area contributed by atoms with Crippen LogP contribution in [0.15, 0.2) is 48.5 Å².